The second kappa shape index (κ2) is 11.3. The molecule has 2 aromatic carbocycles. The number of aliphatic hydroxyl groups is 1. The van der Waals surface area contributed by atoms with Crippen molar-refractivity contribution in [3.05, 3.63) is 93.8 Å². The number of β-lactam (4-membered cyclic amide) rings is 1. The number of hydrogen-bond donors (Lipinski definition) is 2. The molecular weight excluding hydrogens is 556 g/mol. The van der Waals surface area contributed by atoms with Gasteiger partial charge in [0.1, 0.15) is 35.9 Å². The minimum Gasteiger partial charge on any atom is -0.493 e. The Labute approximate surface area is 245 Å². The number of hydrogen-bond acceptors (Lipinski definition) is 9. The summed E-state index contributed by atoms with van der Waals surface area (Å²) < 4.78 is 23.2. The number of carbonyl (C=O) groups excluding carboxylic acids is 1. The number of carboxylic acid groups (broad SMARTS) is 1. The highest BCUT2D eigenvalue weighted by molar-refractivity contribution is 6.00. The summed E-state index contributed by atoms with van der Waals surface area (Å²) in [6, 6.07) is 14.8. The lowest BCUT2D eigenvalue weighted by Gasteiger charge is -2.44. The van der Waals surface area contributed by atoms with Crippen LogP contribution in [0.5, 0.6) is 17.2 Å². The van der Waals surface area contributed by atoms with E-state index in [2.05, 4.69) is 4.98 Å². The highest BCUT2D eigenvalue weighted by Gasteiger charge is 2.56. The van der Waals surface area contributed by atoms with E-state index in [1.165, 1.54) is 31.1 Å². The van der Waals surface area contributed by atoms with Crippen LogP contribution in [0.4, 0.5) is 0 Å². The number of rotatable bonds is 10. The van der Waals surface area contributed by atoms with E-state index < -0.39 is 18.0 Å². The van der Waals surface area contributed by atoms with Gasteiger partial charge in [-0.25, -0.2) is 9.78 Å². The summed E-state index contributed by atoms with van der Waals surface area (Å²) in [4.78, 5) is 41.7. The van der Waals surface area contributed by atoms with E-state index in [-0.39, 0.29) is 36.3 Å². The Balaban J connectivity index is 1.09. The number of nitrogens with zero attached hydrogens (tertiary/aromatic N) is 2. The van der Waals surface area contributed by atoms with E-state index >= 15 is 0 Å². The first-order chi connectivity index (χ1) is 20.7. The molecule has 0 spiro atoms. The average Bonchev–Trinajstić information content (AvgIpc) is 3.31. The minimum atomic E-state index is -1.18. The molecule has 11 heteroatoms. The topological polar surface area (TPSA) is 149 Å². The Morgan fingerprint density at radius 2 is 1.95 bits per heavy atom. The molecule has 4 aliphatic rings. The fourth-order valence-corrected chi connectivity index (χ4v) is 5.54. The van der Waals surface area contributed by atoms with Gasteiger partial charge in [-0.2, -0.15) is 0 Å². The van der Waals surface area contributed by atoms with E-state index in [0.29, 0.717) is 51.8 Å². The Hall–Kier alpha value is -5.16. The summed E-state index contributed by atoms with van der Waals surface area (Å²) >= 11 is 0. The summed E-state index contributed by atoms with van der Waals surface area (Å²) in [6.45, 7) is 1.92. The number of aliphatic hydroxyl groups excluding tert-OH is 1. The highest BCUT2D eigenvalue weighted by Crippen LogP contribution is 2.44. The van der Waals surface area contributed by atoms with Crippen LogP contribution in [0.1, 0.15) is 18.9 Å². The van der Waals surface area contributed by atoms with E-state index in [1.54, 1.807) is 48.6 Å². The largest absolute Gasteiger partial charge is 0.493 e. The molecule has 11 nitrogen and oxygen atoms in total. The Bertz CT molecular complexity index is 1820. The van der Waals surface area contributed by atoms with Gasteiger partial charge < -0.3 is 33.7 Å². The van der Waals surface area contributed by atoms with Gasteiger partial charge in [-0.05, 0) is 67.0 Å². The smallest absolute Gasteiger partial charge is 0.352 e. The predicted octanol–water partition coefficient (Wildman–Crippen LogP) is 3.77. The summed E-state index contributed by atoms with van der Waals surface area (Å²) in [5, 5.41) is 19.6. The Morgan fingerprint density at radius 3 is 2.72 bits per heavy atom. The second-order valence-corrected chi connectivity index (χ2v) is 10.4. The number of carboxylic acids is 1. The lowest BCUT2D eigenvalue weighted by Crippen LogP contribution is -2.61. The van der Waals surface area contributed by atoms with Crippen molar-refractivity contribution < 1.29 is 38.4 Å². The molecule has 1 saturated heterocycles. The maximum Gasteiger partial charge on any atom is 0.352 e. The molecule has 3 aliphatic heterocycles. The third-order valence-electron chi connectivity index (χ3n) is 7.58. The number of benzene rings is 3. The third-order valence-corrected chi connectivity index (χ3v) is 7.58. The third kappa shape index (κ3) is 5.30. The molecule has 3 heterocycles. The van der Waals surface area contributed by atoms with Crippen molar-refractivity contribution in [3.8, 4) is 28.7 Å². The zero-order valence-electron chi connectivity index (χ0n) is 23.4. The van der Waals surface area contributed by atoms with E-state index in [4.69, 9.17) is 18.6 Å². The lowest BCUT2D eigenvalue weighted by atomic mass is 9.83. The summed E-state index contributed by atoms with van der Waals surface area (Å²) in [7, 11) is 1.53. The van der Waals surface area contributed by atoms with Crippen LogP contribution in [-0.4, -0.2) is 57.8 Å². The number of amides is 1. The van der Waals surface area contributed by atoms with E-state index in [9.17, 15) is 24.6 Å². The van der Waals surface area contributed by atoms with Crippen molar-refractivity contribution in [1.29, 1.82) is 0 Å². The second-order valence-electron chi connectivity index (χ2n) is 10.4. The van der Waals surface area contributed by atoms with Gasteiger partial charge >= 0.3 is 5.97 Å². The zero-order chi connectivity index (χ0) is 30.2. The molecule has 6 rings (SSSR count). The number of aromatic nitrogens is 1. The predicted molar refractivity (Wildman–Crippen MR) is 154 cm³/mol. The van der Waals surface area contributed by atoms with Gasteiger partial charge in [0.05, 0.1) is 25.2 Å². The average molecular weight is 585 g/mol. The summed E-state index contributed by atoms with van der Waals surface area (Å²) in [6.07, 6.45) is 2.85. The molecule has 1 unspecified atom stereocenters. The van der Waals surface area contributed by atoms with Gasteiger partial charge in [0.2, 0.25) is 5.91 Å². The molecule has 1 fully saturated rings. The normalized spacial score (nSPS) is 18.7. The zero-order valence-corrected chi connectivity index (χ0v) is 23.4. The molecule has 0 aromatic heterocycles. The molecule has 2 N–H and O–H groups in total. The van der Waals surface area contributed by atoms with Gasteiger partial charge in [0.15, 0.2) is 28.3 Å². The van der Waals surface area contributed by atoms with Crippen LogP contribution < -0.4 is 19.6 Å². The monoisotopic (exact) mass is 584 g/mol. The fraction of sp³-hybridized carbons (Fsp3) is 0.250. The van der Waals surface area contributed by atoms with Crippen molar-refractivity contribution in [2.24, 2.45) is 5.92 Å². The highest BCUT2D eigenvalue weighted by atomic mass is 16.5. The van der Waals surface area contributed by atoms with Crippen molar-refractivity contribution in [2.75, 3.05) is 13.7 Å². The van der Waals surface area contributed by atoms with Crippen molar-refractivity contribution in [3.63, 3.8) is 0 Å². The number of methoxy groups -OCH3 is 1. The molecule has 0 saturated carbocycles. The lowest BCUT2D eigenvalue weighted by molar-refractivity contribution is -0.161. The SMILES string of the molecule is COc1cc(COc2ccc3nc4ccc(=O)cc-4oc3c2)ccc1OC/C=C/C1=C(C(=O)O)N2C(=O)[C@H](C(C)O)[C@H]2C1. The van der Waals surface area contributed by atoms with Gasteiger partial charge in [-0.1, -0.05) is 12.1 Å². The van der Waals surface area contributed by atoms with Crippen molar-refractivity contribution in [2.45, 2.75) is 32.1 Å². The van der Waals surface area contributed by atoms with Crippen LogP contribution >= 0.6 is 0 Å². The summed E-state index contributed by atoms with van der Waals surface area (Å²) in [5.41, 5.74) is 2.86. The van der Waals surface area contributed by atoms with E-state index in [1.807, 2.05) is 6.07 Å². The number of fused-ring (bicyclic) bond motifs is 3. The molecule has 220 valence electrons. The molecule has 1 aliphatic carbocycles. The molecule has 2 aromatic rings. The maximum atomic E-state index is 12.4. The standard InChI is InChI=1S/C32H28N2O9/c1-17(35)29-24-13-19(30(32(38)39)34(24)31(29)37)4-3-11-41-25-10-5-18(12-28(25)40-2)16-42-21-7-9-23-27(15-21)43-26-14-20(36)6-8-22(26)33-23/h3-10,12,14-15,17,24,29,35H,11,13,16H2,1-2H3,(H,38,39)/b4-3+/t17?,24-,29-/m1/s1. The quantitative estimate of drug-likeness (QED) is 0.208. The van der Waals surface area contributed by atoms with Gasteiger partial charge in [-0.3, -0.25) is 9.59 Å². The Kier molecular flexibility index (Phi) is 7.32. The molecule has 0 radical (unpaired) electrons. The van der Waals surface area contributed by atoms with Crippen molar-refractivity contribution in [1.82, 2.24) is 9.88 Å². The first kappa shape index (κ1) is 28.0. The van der Waals surface area contributed by atoms with Gasteiger partial charge in [0.25, 0.3) is 0 Å². The molecule has 43 heavy (non-hydrogen) atoms. The van der Waals surface area contributed by atoms with Crippen molar-refractivity contribution >= 4 is 23.0 Å². The number of carbonyl (C=O) groups is 2. The molecule has 3 atom stereocenters. The number of ether oxygens (including phenoxy) is 3. The van der Waals surface area contributed by atoms with Crippen LogP contribution in [-0.2, 0) is 16.2 Å². The molecule has 1 amide bonds. The fourth-order valence-electron chi connectivity index (χ4n) is 5.54. The first-order valence-electron chi connectivity index (χ1n) is 13.6. The first-order valence-corrected chi connectivity index (χ1v) is 13.6. The van der Waals surface area contributed by atoms with Crippen LogP contribution in [0, 0.1) is 5.92 Å². The van der Waals surface area contributed by atoms with E-state index in [0.717, 1.165) is 5.56 Å². The van der Waals surface area contributed by atoms with Gasteiger partial charge in [0, 0.05) is 12.1 Å². The summed E-state index contributed by atoms with van der Waals surface area (Å²) in [5.74, 6) is -0.194. The molecular formula is C32H28N2O9. The van der Waals surface area contributed by atoms with Crippen LogP contribution in [0.25, 0.3) is 22.6 Å². The van der Waals surface area contributed by atoms with Crippen LogP contribution in [0.15, 0.2) is 87.2 Å². The van der Waals surface area contributed by atoms with Crippen LogP contribution in [0.3, 0.4) is 0 Å². The number of aliphatic carboxylic acids is 1. The Morgan fingerprint density at radius 1 is 1.12 bits per heavy atom. The minimum absolute atomic E-state index is 0.0496. The van der Waals surface area contributed by atoms with Crippen LogP contribution in [0.2, 0.25) is 0 Å². The number of allylic oxidation sites excluding steroid dienone is 1. The van der Waals surface area contributed by atoms with Gasteiger partial charge in [-0.15, -0.1) is 0 Å². The molecule has 0 bridgehead atoms. The maximum absolute atomic E-state index is 12.4.